The summed E-state index contributed by atoms with van der Waals surface area (Å²) in [6.45, 7) is 3.22. The van der Waals surface area contributed by atoms with Crippen LogP contribution >= 0.6 is 23.8 Å². The van der Waals surface area contributed by atoms with Crippen molar-refractivity contribution in [2.24, 2.45) is 0 Å². The Hall–Kier alpha value is -2.13. The number of halogens is 4. The normalized spacial score (nSPS) is 20.3. The van der Waals surface area contributed by atoms with Crippen molar-refractivity contribution in [3.63, 3.8) is 0 Å². The molecule has 10 heteroatoms. The highest BCUT2D eigenvalue weighted by atomic mass is 35.5. The van der Waals surface area contributed by atoms with Crippen LogP contribution < -0.4 is 15.5 Å². The van der Waals surface area contributed by atoms with Crippen molar-refractivity contribution in [1.29, 1.82) is 0 Å². The summed E-state index contributed by atoms with van der Waals surface area (Å²) >= 11 is 11.7. The molecule has 2 fully saturated rings. The Balaban J connectivity index is 1.51. The lowest BCUT2D eigenvalue weighted by Crippen LogP contribution is -2.41. The molecule has 0 bridgehead atoms. The van der Waals surface area contributed by atoms with Gasteiger partial charge in [-0.15, -0.1) is 0 Å². The smallest absolute Gasteiger partial charge is 0.361 e. The summed E-state index contributed by atoms with van der Waals surface area (Å²) in [7, 11) is 0. The van der Waals surface area contributed by atoms with Gasteiger partial charge in [-0.2, -0.15) is 18.2 Å². The van der Waals surface area contributed by atoms with E-state index in [9.17, 15) is 13.2 Å². The highest BCUT2D eigenvalue weighted by molar-refractivity contribution is 7.80. The Kier molecular flexibility index (Phi) is 7.52. The van der Waals surface area contributed by atoms with Gasteiger partial charge in [0.05, 0.1) is 0 Å². The molecule has 0 spiro atoms. The van der Waals surface area contributed by atoms with Gasteiger partial charge in [-0.1, -0.05) is 36.6 Å². The number of anilines is 2. The molecule has 1 saturated heterocycles. The molecule has 5 nitrogen and oxygen atoms in total. The fraction of sp³-hybridized carbons (Fsp3) is 0.542. The van der Waals surface area contributed by atoms with E-state index in [4.69, 9.17) is 23.8 Å². The van der Waals surface area contributed by atoms with Crippen LogP contribution in [0.2, 0.25) is 5.02 Å². The predicted octanol–water partition coefficient (Wildman–Crippen LogP) is 6.33. The van der Waals surface area contributed by atoms with Gasteiger partial charge >= 0.3 is 6.18 Å². The highest BCUT2D eigenvalue weighted by Gasteiger charge is 2.37. The van der Waals surface area contributed by atoms with E-state index >= 15 is 0 Å². The van der Waals surface area contributed by atoms with Crippen LogP contribution in [0.4, 0.5) is 24.9 Å². The number of benzene rings is 1. The topological polar surface area (TPSA) is 53.1 Å². The molecule has 1 aromatic heterocycles. The van der Waals surface area contributed by atoms with Gasteiger partial charge in [-0.25, -0.2) is 4.98 Å². The lowest BCUT2D eigenvalue weighted by molar-refractivity contribution is -0.141. The van der Waals surface area contributed by atoms with E-state index in [1.54, 1.807) is 0 Å². The van der Waals surface area contributed by atoms with E-state index in [0.29, 0.717) is 18.1 Å². The third-order valence-corrected chi connectivity index (χ3v) is 7.39. The van der Waals surface area contributed by atoms with Gasteiger partial charge in [0.15, 0.2) is 10.8 Å². The second-order valence-corrected chi connectivity index (χ2v) is 10.1. The van der Waals surface area contributed by atoms with Crippen LogP contribution in [0.25, 0.3) is 0 Å². The lowest BCUT2D eigenvalue weighted by atomic mass is 9.79. The number of hydrogen-bond donors (Lipinski definition) is 2. The molecule has 1 saturated carbocycles. The molecule has 34 heavy (non-hydrogen) atoms. The van der Waals surface area contributed by atoms with Crippen molar-refractivity contribution in [2.75, 3.05) is 23.3 Å². The molecule has 184 valence electrons. The molecule has 0 amide bonds. The Morgan fingerprint density at radius 3 is 2.62 bits per heavy atom. The summed E-state index contributed by atoms with van der Waals surface area (Å²) in [4.78, 5) is 10.0. The molecule has 1 aliphatic heterocycles. The zero-order chi connectivity index (χ0) is 24.3. The van der Waals surface area contributed by atoms with Crippen molar-refractivity contribution >= 4 is 40.7 Å². The van der Waals surface area contributed by atoms with Crippen molar-refractivity contribution < 1.29 is 13.2 Å². The van der Waals surface area contributed by atoms with Gasteiger partial charge < -0.3 is 15.5 Å². The summed E-state index contributed by atoms with van der Waals surface area (Å²) in [5.74, 6) is 0.120. The SMILES string of the molecule is C[C@H]1CCCCN1c1cc(C(F)(F)F)nc(NC(=S)NCC2(c3cccc(Cl)c3)CCCC2)n1. The molecule has 0 unspecified atom stereocenters. The number of hydrogen-bond acceptors (Lipinski definition) is 4. The van der Waals surface area contributed by atoms with E-state index in [2.05, 4.69) is 26.7 Å². The molecule has 2 N–H and O–H groups in total. The molecule has 1 atom stereocenters. The molecule has 4 rings (SSSR count). The monoisotopic (exact) mass is 511 g/mol. The number of alkyl halides is 3. The predicted molar refractivity (Wildman–Crippen MR) is 134 cm³/mol. The Bertz CT molecular complexity index is 1030. The Morgan fingerprint density at radius 2 is 1.94 bits per heavy atom. The zero-order valence-electron chi connectivity index (χ0n) is 19.1. The first-order valence-corrected chi connectivity index (χ1v) is 12.5. The molecule has 2 aromatic rings. The van der Waals surface area contributed by atoms with Crippen molar-refractivity contribution in [3.05, 3.63) is 46.6 Å². The molecule has 1 aliphatic carbocycles. The summed E-state index contributed by atoms with van der Waals surface area (Å²) in [6, 6.07) is 8.97. The largest absolute Gasteiger partial charge is 0.433 e. The van der Waals surface area contributed by atoms with Crippen molar-refractivity contribution in [3.8, 4) is 0 Å². The molecule has 0 radical (unpaired) electrons. The van der Waals surface area contributed by atoms with E-state index in [0.717, 1.165) is 56.6 Å². The Labute approximate surface area is 208 Å². The van der Waals surface area contributed by atoms with E-state index in [1.807, 2.05) is 30.0 Å². The third-order valence-electron chi connectivity index (χ3n) is 6.91. The van der Waals surface area contributed by atoms with Gasteiger partial charge in [0.2, 0.25) is 5.95 Å². The third kappa shape index (κ3) is 5.74. The zero-order valence-corrected chi connectivity index (χ0v) is 20.7. The summed E-state index contributed by atoms with van der Waals surface area (Å²) in [5.41, 5.74) is 0.0379. The number of aromatic nitrogens is 2. The lowest BCUT2D eigenvalue weighted by Gasteiger charge is -2.34. The number of nitrogens with one attached hydrogen (secondary N) is 2. The molecular formula is C24H29ClF3N5S. The first kappa shape index (κ1) is 25.0. The maximum atomic E-state index is 13.6. The maximum Gasteiger partial charge on any atom is 0.433 e. The van der Waals surface area contributed by atoms with E-state index in [-0.39, 0.29) is 28.3 Å². The van der Waals surface area contributed by atoms with Gasteiger partial charge in [-0.05, 0) is 68.9 Å². The average molecular weight is 512 g/mol. The standard InChI is InChI=1S/C24H29ClF3N5S/c1-16-7-2-5-12-33(16)20-14-19(24(26,27)28)30-21(31-20)32-22(34)29-15-23(10-3-4-11-23)17-8-6-9-18(25)13-17/h6,8-9,13-14,16H,2-5,7,10-12,15H2,1H3,(H2,29,30,31,32,34)/t16-/m0/s1. The minimum absolute atomic E-state index is 0.114. The van der Waals surface area contributed by atoms with Crippen LogP contribution in [-0.4, -0.2) is 34.2 Å². The van der Waals surface area contributed by atoms with Crippen LogP contribution in [0.5, 0.6) is 0 Å². The number of rotatable bonds is 5. The average Bonchev–Trinajstić information content (AvgIpc) is 3.28. The molecule has 2 heterocycles. The first-order valence-electron chi connectivity index (χ1n) is 11.7. The quantitative estimate of drug-likeness (QED) is 0.458. The second-order valence-electron chi connectivity index (χ2n) is 9.28. The summed E-state index contributed by atoms with van der Waals surface area (Å²) in [5, 5.41) is 6.88. The summed E-state index contributed by atoms with van der Waals surface area (Å²) in [6.07, 6.45) is 2.49. The van der Waals surface area contributed by atoms with E-state index in [1.165, 1.54) is 0 Å². The minimum atomic E-state index is -4.58. The fourth-order valence-electron chi connectivity index (χ4n) is 5.05. The molecule has 2 aliphatic rings. The second kappa shape index (κ2) is 10.2. The van der Waals surface area contributed by atoms with Crippen LogP contribution in [0, 0.1) is 0 Å². The van der Waals surface area contributed by atoms with Crippen LogP contribution in [0.1, 0.15) is 63.1 Å². The fourth-order valence-corrected chi connectivity index (χ4v) is 5.41. The summed E-state index contributed by atoms with van der Waals surface area (Å²) < 4.78 is 40.7. The van der Waals surface area contributed by atoms with Crippen LogP contribution in [-0.2, 0) is 11.6 Å². The first-order chi connectivity index (χ1) is 16.2. The van der Waals surface area contributed by atoms with Crippen LogP contribution in [0.3, 0.4) is 0 Å². The minimum Gasteiger partial charge on any atom is -0.361 e. The van der Waals surface area contributed by atoms with Crippen molar-refractivity contribution in [1.82, 2.24) is 15.3 Å². The number of thiocarbonyl (C=S) groups is 1. The Morgan fingerprint density at radius 1 is 1.18 bits per heavy atom. The van der Waals surface area contributed by atoms with Gasteiger partial charge in [0.25, 0.3) is 0 Å². The van der Waals surface area contributed by atoms with Crippen LogP contribution in [0.15, 0.2) is 30.3 Å². The van der Waals surface area contributed by atoms with Crippen molar-refractivity contribution in [2.45, 2.75) is 69.5 Å². The maximum absolute atomic E-state index is 13.6. The van der Waals surface area contributed by atoms with Gasteiger partial charge in [0, 0.05) is 35.6 Å². The number of nitrogens with zero attached hydrogens (tertiary/aromatic N) is 3. The van der Waals surface area contributed by atoms with Gasteiger partial charge in [0.1, 0.15) is 5.82 Å². The molecule has 1 aromatic carbocycles. The number of piperidine rings is 1. The van der Waals surface area contributed by atoms with E-state index < -0.39 is 11.9 Å². The van der Waals surface area contributed by atoms with Gasteiger partial charge in [-0.3, -0.25) is 0 Å². The highest BCUT2D eigenvalue weighted by Crippen LogP contribution is 2.41. The molecular weight excluding hydrogens is 483 g/mol.